The molecule has 3 rings (SSSR count). The highest BCUT2D eigenvalue weighted by Gasteiger charge is 2.45. The summed E-state index contributed by atoms with van der Waals surface area (Å²) in [5.41, 5.74) is -3.15. The number of pyridine rings is 3. The molecule has 3 aromatic rings. The van der Waals surface area contributed by atoms with E-state index >= 15 is 0 Å². The van der Waals surface area contributed by atoms with E-state index in [9.17, 15) is 28.0 Å². The molecule has 0 spiro atoms. The van der Waals surface area contributed by atoms with Crippen LogP contribution in [0.15, 0.2) is 29.3 Å². The van der Waals surface area contributed by atoms with Crippen LogP contribution >= 0.6 is 0 Å². The number of aryl methyl sites for hydroxylation is 1. The minimum atomic E-state index is -4.29. The number of hydrogen-bond donors (Lipinski definition) is 2. The van der Waals surface area contributed by atoms with Gasteiger partial charge in [-0.3, -0.25) is 14.6 Å². The molecule has 1 amide bonds. The van der Waals surface area contributed by atoms with E-state index in [4.69, 9.17) is 5.26 Å². The predicted octanol–water partition coefficient (Wildman–Crippen LogP) is 1.92. The molecule has 0 aliphatic carbocycles. The number of halogens is 3. The van der Waals surface area contributed by atoms with Gasteiger partial charge in [-0.25, -0.2) is 9.37 Å². The second kappa shape index (κ2) is 7.64. The summed E-state index contributed by atoms with van der Waals surface area (Å²) in [6.07, 6.45) is 2.26. The van der Waals surface area contributed by atoms with Crippen molar-refractivity contribution in [2.24, 2.45) is 0 Å². The van der Waals surface area contributed by atoms with Gasteiger partial charge < -0.3 is 10.3 Å². The molecule has 150 valence electrons. The van der Waals surface area contributed by atoms with E-state index in [1.807, 2.05) is 5.32 Å². The molecule has 3 aromatic heterocycles. The maximum Gasteiger partial charge on any atom is 0.355 e. The quantitative estimate of drug-likeness (QED) is 0.672. The zero-order chi connectivity index (χ0) is 22.1. The molecule has 3 heterocycles. The molecule has 0 fully saturated rings. The van der Waals surface area contributed by atoms with E-state index in [0.29, 0.717) is 0 Å². The van der Waals surface area contributed by atoms with Gasteiger partial charge in [-0.05, 0) is 24.6 Å². The van der Waals surface area contributed by atoms with Gasteiger partial charge >= 0.3 is 5.92 Å². The Balaban J connectivity index is 1.98. The normalized spacial score (nSPS) is 11.0. The summed E-state index contributed by atoms with van der Waals surface area (Å²) in [6.45, 7) is 0.486. The Hall–Kier alpha value is -4.25. The van der Waals surface area contributed by atoms with Gasteiger partial charge in [0.2, 0.25) is 0 Å². The third-order valence-electron chi connectivity index (χ3n) is 4.34. The molecule has 0 saturated heterocycles. The SMILES string of the molecule is Cc1c(C(F)(F)C(=O)NCc2ncc(C#N)cc2F)c(=O)[nH]c2ccnc(C#N)c12. The second-order valence-corrected chi connectivity index (χ2v) is 6.17. The van der Waals surface area contributed by atoms with Crippen molar-refractivity contribution in [1.82, 2.24) is 20.3 Å². The van der Waals surface area contributed by atoms with Crippen LogP contribution in [0.25, 0.3) is 10.9 Å². The minimum Gasteiger partial charge on any atom is -0.345 e. The van der Waals surface area contributed by atoms with Crippen LogP contribution in [0.4, 0.5) is 13.2 Å². The van der Waals surface area contributed by atoms with Crippen LogP contribution in [0, 0.1) is 35.4 Å². The van der Waals surface area contributed by atoms with E-state index in [1.165, 1.54) is 19.2 Å². The molecule has 0 aliphatic heterocycles. The number of aromatic nitrogens is 3. The Morgan fingerprint density at radius 2 is 2.03 bits per heavy atom. The van der Waals surface area contributed by atoms with Crippen molar-refractivity contribution in [2.75, 3.05) is 0 Å². The molecule has 0 radical (unpaired) electrons. The van der Waals surface area contributed by atoms with Gasteiger partial charge in [0.1, 0.15) is 23.6 Å². The average molecular weight is 412 g/mol. The fourth-order valence-corrected chi connectivity index (χ4v) is 2.93. The first kappa shape index (κ1) is 20.5. The summed E-state index contributed by atoms with van der Waals surface area (Å²) in [5, 5.41) is 19.7. The largest absolute Gasteiger partial charge is 0.355 e. The first-order chi connectivity index (χ1) is 14.2. The molecule has 0 unspecified atom stereocenters. The highest BCUT2D eigenvalue weighted by molar-refractivity contribution is 5.91. The molecule has 0 atom stereocenters. The minimum absolute atomic E-state index is 0.0121. The van der Waals surface area contributed by atoms with E-state index in [2.05, 4.69) is 15.0 Å². The molecular formula is C19H11F3N6O2. The summed E-state index contributed by atoms with van der Waals surface area (Å²) in [5.74, 6) is -7.11. The molecule has 8 nitrogen and oxygen atoms in total. The van der Waals surface area contributed by atoms with E-state index in [1.54, 1.807) is 12.1 Å². The zero-order valence-corrected chi connectivity index (χ0v) is 15.3. The van der Waals surface area contributed by atoms with Crippen LogP contribution in [0.3, 0.4) is 0 Å². The number of amides is 1. The monoisotopic (exact) mass is 412 g/mol. The Bertz CT molecular complexity index is 1320. The Morgan fingerprint density at radius 3 is 2.67 bits per heavy atom. The summed E-state index contributed by atoms with van der Waals surface area (Å²) >= 11 is 0. The molecule has 0 bridgehead atoms. The van der Waals surface area contributed by atoms with Crippen molar-refractivity contribution < 1.29 is 18.0 Å². The predicted molar refractivity (Wildman–Crippen MR) is 96.5 cm³/mol. The number of nitrogens with one attached hydrogen (secondary N) is 2. The average Bonchev–Trinajstić information content (AvgIpc) is 2.71. The zero-order valence-electron chi connectivity index (χ0n) is 15.3. The highest BCUT2D eigenvalue weighted by atomic mass is 19.3. The topological polar surface area (TPSA) is 135 Å². The smallest absolute Gasteiger partial charge is 0.345 e. The first-order valence-corrected chi connectivity index (χ1v) is 8.33. The number of aromatic amines is 1. The van der Waals surface area contributed by atoms with E-state index in [-0.39, 0.29) is 33.4 Å². The van der Waals surface area contributed by atoms with Crippen LogP contribution in [0.1, 0.15) is 28.1 Å². The number of nitrogens with zero attached hydrogens (tertiary/aromatic N) is 4. The number of hydrogen-bond acceptors (Lipinski definition) is 6. The van der Waals surface area contributed by atoms with Crippen molar-refractivity contribution in [1.29, 1.82) is 10.5 Å². The van der Waals surface area contributed by atoms with Crippen molar-refractivity contribution in [3.8, 4) is 12.1 Å². The number of carbonyl (C=O) groups excluding carboxylic acids is 1. The third kappa shape index (κ3) is 3.44. The van der Waals surface area contributed by atoms with E-state index in [0.717, 1.165) is 12.3 Å². The summed E-state index contributed by atoms with van der Waals surface area (Å²) in [7, 11) is 0. The van der Waals surface area contributed by atoms with Crippen molar-refractivity contribution in [3.63, 3.8) is 0 Å². The second-order valence-electron chi connectivity index (χ2n) is 6.17. The Labute approximate surface area is 166 Å². The summed E-state index contributed by atoms with van der Waals surface area (Å²) in [4.78, 5) is 34.1. The maximum atomic E-state index is 14.9. The Kier molecular flexibility index (Phi) is 5.22. The van der Waals surface area contributed by atoms with Crippen LogP contribution in [0.2, 0.25) is 0 Å². The molecular weight excluding hydrogens is 401 g/mol. The lowest BCUT2D eigenvalue weighted by atomic mass is 9.98. The van der Waals surface area contributed by atoms with Gasteiger partial charge in [-0.1, -0.05) is 0 Å². The lowest BCUT2D eigenvalue weighted by Crippen LogP contribution is -2.42. The lowest BCUT2D eigenvalue weighted by Gasteiger charge is -2.18. The number of fused-ring (bicyclic) bond motifs is 1. The molecule has 0 saturated carbocycles. The standard InChI is InChI=1S/C19H11F3N6O2/c1-9-15-12(2-3-25-13(15)6-24)28-17(29)16(9)19(21,22)18(30)27-8-14-11(20)4-10(5-23)7-26-14/h2-4,7H,8H2,1H3,(H,27,30)(H,28,29). The first-order valence-electron chi connectivity index (χ1n) is 8.33. The fourth-order valence-electron chi connectivity index (χ4n) is 2.93. The fraction of sp³-hybridized carbons (Fsp3) is 0.158. The van der Waals surface area contributed by atoms with Crippen molar-refractivity contribution in [3.05, 3.63) is 68.8 Å². The molecule has 2 N–H and O–H groups in total. The summed E-state index contributed by atoms with van der Waals surface area (Å²) in [6, 6.07) is 5.60. The maximum absolute atomic E-state index is 14.9. The van der Waals surface area contributed by atoms with Crippen LogP contribution in [0.5, 0.6) is 0 Å². The summed E-state index contributed by atoms with van der Waals surface area (Å²) < 4.78 is 43.6. The third-order valence-corrected chi connectivity index (χ3v) is 4.34. The lowest BCUT2D eigenvalue weighted by molar-refractivity contribution is -0.147. The van der Waals surface area contributed by atoms with Gasteiger partial charge in [0.25, 0.3) is 11.5 Å². The van der Waals surface area contributed by atoms with Gasteiger partial charge in [-0.2, -0.15) is 19.3 Å². The van der Waals surface area contributed by atoms with E-state index < -0.39 is 35.3 Å². The number of alkyl halides is 2. The van der Waals surface area contributed by atoms with Gasteiger partial charge in [0.05, 0.1) is 28.9 Å². The van der Waals surface area contributed by atoms with Gasteiger partial charge in [0.15, 0.2) is 0 Å². The number of nitriles is 2. The molecule has 11 heteroatoms. The van der Waals surface area contributed by atoms with Gasteiger partial charge in [0, 0.05) is 17.8 Å². The molecule has 30 heavy (non-hydrogen) atoms. The number of carbonyl (C=O) groups is 1. The molecule has 0 aromatic carbocycles. The number of rotatable bonds is 4. The van der Waals surface area contributed by atoms with Crippen LogP contribution in [-0.2, 0) is 17.3 Å². The van der Waals surface area contributed by atoms with Crippen LogP contribution in [-0.4, -0.2) is 20.9 Å². The molecule has 0 aliphatic rings. The van der Waals surface area contributed by atoms with Crippen molar-refractivity contribution >= 4 is 16.8 Å². The van der Waals surface area contributed by atoms with Gasteiger partial charge in [-0.15, -0.1) is 0 Å². The van der Waals surface area contributed by atoms with Crippen LogP contribution < -0.4 is 10.9 Å². The van der Waals surface area contributed by atoms with Crippen molar-refractivity contribution in [2.45, 2.75) is 19.4 Å². The Morgan fingerprint density at radius 1 is 1.30 bits per heavy atom. The highest BCUT2D eigenvalue weighted by Crippen LogP contribution is 2.32. The number of H-pyrrole nitrogens is 1.